The van der Waals surface area contributed by atoms with Crippen molar-refractivity contribution < 1.29 is 9.84 Å². The van der Waals surface area contributed by atoms with Gasteiger partial charge in [0.1, 0.15) is 12.4 Å². The summed E-state index contributed by atoms with van der Waals surface area (Å²) in [4.78, 5) is 0. The summed E-state index contributed by atoms with van der Waals surface area (Å²) < 4.78 is 5.99. The Labute approximate surface area is 156 Å². The van der Waals surface area contributed by atoms with Crippen molar-refractivity contribution in [3.63, 3.8) is 0 Å². The van der Waals surface area contributed by atoms with E-state index in [1.54, 1.807) is 0 Å². The third-order valence-electron chi connectivity index (χ3n) is 6.20. The predicted molar refractivity (Wildman–Crippen MR) is 107 cm³/mol. The van der Waals surface area contributed by atoms with E-state index in [1.165, 1.54) is 35.1 Å². The van der Waals surface area contributed by atoms with Crippen molar-refractivity contribution in [3.05, 3.63) is 64.2 Å². The molecule has 1 N–H and O–H groups in total. The fourth-order valence-corrected chi connectivity index (χ4v) is 4.26. The maximum atomic E-state index is 9.30. The van der Waals surface area contributed by atoms with E-state index < -0.39 is 0 Å². The van der Waals surface area contributed by atoms with Crippen molar-refractivity contribution in [2.45, 2.75) is 58.0 Å². The van der Waals surface area contributed by atoms with E-state index in [4.69, 9.17) is 4.74 Å². The molecule has 0 aromatic heterocycles. The van der Waals surface area contributed by atoms with Gasteiger partial charge in [-0.1, -0.05) is 58.0 Å². The minimum Gasteiger partial charge on any atom is -0.488 e. The zero-order valence-corrected chi connectivity index (χ0v) is 16.2. The summed E-state index contributed by atoms with van der Waals surface area (Å²) in [6.07, 6.45) is 4.68. The minimum atomic E-state index is 0.0445. The monoisotopic (exact) mass is 348 g/mol. The Morgan fingerprint density at radius 3 is 2.38 bits per heavy atom. The van der Waals surface area contributed by atoms with Crippen LogP contribution >= 0.6 is 0 Å². The smallest absolute Gasteiger partial charge is 0.127 e. The Balaban J connectivity index is 1.76. The van der Waals surface area contributed by atoms with Crippen molar-refractivity contribution in [3.8, 4) is 5.75 Å². The molecule has 1 heterocycles. The van der Waals surface area contributed by atoms with E-state index >= 15 is 0 Å². The van der Waals surface area contributed by atoms with Crippen molar-refractivity contribution in [1.82, 2.24) is 0 Å². The maximum Gasteiger partial charge on any atom is 0.127 e. The van der Waals surface area contributed by atoms with Gasteiger partial charge in [-0.2, -0.15) is 0 Å². The molecule has 0 radical (unpaired) electrons. The van der Waals surface area contributed by atoms with Gasteiger partial charge in [-0.25, -0.2) is 0 Å². The second kappa shape index (κ2) is 5.99. The van der Waals surface area contributed by atoms with Crippen LogP contribution in [0.25, 0.3) is 11.6 Å². The van der Waals surface area contributed by atoms with E-state index in [0.717, 1.165) is 16.9 Å². The molecule has 0 saturated carbocycles. The lowest BCUT2D eigenvalue weighted by molar-refractivity contribution is 0.280. The molecule has 0 amide bonds. The maximum absolute atomic E-state index is 9.30. The molecule has 2 aliphatic rings. The van der Waals surface area contributed by atoms with Gasteiger partial charge >= 0.3 is 0 Å². The van der Waals surface area contributed by atoms with Crippen LogP contribution in [0.3, 0.4) is 0 Å². The fraction of sp³-hybridized carbons (Fsp3) is 0.417. The normalized spacial score (nSPS) is 19.8. The van der Waals surface area contributed by atoms with E-state index in [9.17, 15) is 5.11 Å². The Kier molecular flexibility index (Phi) is 4.00. The second-order valence-electron chi connectivity index (χ2n) is 9.02. The highest BCUT2D eigenvalue weighted by Crippen LogP contribution is 2.46. The number of benzene rings is 2. The van der Waals surface area contributed by atoms with Gasteiger partial charge in [0, 0.05) is 5.56 Å². The van der Waals surface area contributed by atoms with Gasteiger partial charge in [-0.05, 0) is 63.6 Å². The van der Waals surface area contributed by atoms with Crippen LogP contribution in [0.4, 0.5) is 0 Å². The Morgan fingerprint density at radius 2 is 1.65 bits per heavy atom. The van der Waals surface area contributed by atoms with E-state index in [0.29, 0.717) is 6.61 Å². The first-order valence-electron chi connectivity index (χ1n) is 9.53. The molecule has 2 nitrogen and oxygen atoms in total. The van der Waals surface area contributed by atoms with Crippen molar-refractivity contribution >= 4 is 11.6 Å². The molecular weight excluding hydrogens is 320 g/mol. The topological polar surface area (TPSA) is 29.5 Å². The first kappa shape index (κ1) is 17.4. The van der Waals surface area contributed by atoms with E-state index in [1.807, 2.05) is 18.2 Å². The van der Waals surface area contributed by atoms with Crippen LogP contribution < -0.4 is 4.74 Å². The Morgan fingerprint density at radius 1 is 0.923 bits per heavy atom. The lowest BCUT2D eigenvalue weighted by Crippen LogP contribution is -2.33. The first-order valence-corrected chi connectivity index (χ1v) is 9.53. The summed E-state index contributed by atoms with van der Waals surface area (Å²) in [5.74, 6) is 0.861. The summed E-state index contributed by atoms with van der Waals surface area (Å²) in [7, 11) is 0. The Bertz CT molecular complexity index is 887. The van der Waals surface area contributed by atoms with Gasteiger partial charge in [-0.3, -0.25) is 0 Å². The highest BCUT2D eigenvalue weighted by Gasteiger charge is 2.37. The van der Waals surface area contributed by atoms with Gasteiger partial charge in [0.05, 0.1) is 6.61 Å². The van der Waals surface area contributed by atoms with E-state index in [-0.39, 0.29) is 17.4 Å². The molecule has 1 aliphatic carbocycles. The summed E-state index contributed by atoms with van der Waals surface area (Å²) >= 11 is 0. The fourth-order valence-electron chi connectivity index (χ4n) is 4.26. The molecule has 0 fully saturated rings. The minimum absolute atomic E-state index is 0.0445. The number of aliphatic hydroxyl groups is 1. The van der Waals surface area contributed by atoms with Crippen molar-refractivity contribution in [1.29, 1.82) is 0 Å². The van der Waals surface area contributed by atoms with E-state index in [2.05, 4.69) is 52.0 Å². The number of ether oxygens (including phenoxy) is 1. The van der Waals surface area contributed by atoms with Gasteiger partial charge in [-0.15, -0.1) is 0 Å². The summed E-state index contributed by atoms with van der Waals surface area (Å²) in [6, 6.07) is 12.9. The molecule has 26 heavy (non-hydrogen) atoms. The molecule has 136 valence electrons. The average molecular weight is 348 g/mol. The first-order chi connectivity index (χ1) is 12.3. The van der Waals surface area contributed by atoms with Gasteiger partial charge in [0.15, 0.2) is 0 Å². The standard InChI is InChI=1S/C24H28O2/c1-23(2)9-10-24(3,4)21-13-17(7-8-20(21)23)19-12-18-6-5-16(14-25)11-22(18)26-15-19/h5-8,11-13,25H,9-10,14-15H2,1-4H3. The third kappa shape index (κ3) is 2.87. The van der Waals surface area contributed by atoms with Crippen LogP contribution in [-0.4, -0.2) is 11.7 Å². The van der Waals surface area contributed by atoms with Crippen LogP contribution in [0.5, 0.6) is 5.75 Å². The van der Waals surface area contributed by atoms with Crippen LogP contribution in [0.1, 0.15) is 68.4 Å². The number of hydrogen-bond donors (Lipinski definition) is 1. The molecule has 4 rings (SSSR count). The quantitative estimate of drug-likeness (QED) is 0.781. The lowest BCUT2D eigenvalue weighted by atomic mass is 9.63. The SMILES string of the molecule is CC1(C)CCC(C)(C)c2cc(C3=Cc4ccc(CO)cc4OC3)ccc21. The largest absolute Gasteiger partial charge is 0.488 e. The van der Waals surface area contributed by atoms with Crippen LogP contribution in [0, 0.1) is 0 Å². The molecule has 1 aliphatic heterocycles. The number of aliphatic hydroxyl groups excluding tert-OH is 1. The third-order valence-corrected chi connectivity index (χ3v) is 6.20. The molecule has 2 heteroatoms. The highest BCUT2D eigenvalue weighted by atomic mass is 16.5. The molecule has 0 saturated heterocycles. The summed E-state index contributed by atoms with van der Waals surface area (Å²) in [6.45, 7) is 10.1. The summed E-state index contributed by atoms with van der Waals surface area (Å²) in [5, 5.41) is 9.30. The average Bonchev–Trinajstić information content (AvgIpc) is 2.64. The van der Waals surface area contributed by atoms with Crippen molar-refractivity contribution in [2.24, 2.45) is 0 Å². The van der Waals surface area contributed by atoms with Crippen LogP contribution in [-0.2, 0) is 17.4 Å². The predicted octanol–water partition coefficient (Wildman–Crippen LogP) is 5.46. The highest BCUT2D eigenvalue weighted by molar-refractivity contribution is 5.86. The van der Waals surface area contributed by atoms with Gasteiger partial charge < -0.3 is 9.84 Å². The molecule has 0 bridgehead atoms. The molecule has 0 unspecified atom stereocenters. The Hall–Kier alpha value is -2.06. The van der Waals surface area contributed by atoms with Crippen LogP contribution in [0.15, 0.2) is 36.4 Å². The zero-order chi connectivity index (χ0) is 18.5. The molecule has 0 spiro atoms. The van der Waals surface area contributed by atoms with Crippen LogP contribution in [0.2, 0.25) is 0 Å². The number of hydrogen-bond acceptors (Lipinski definition) is 2. The number of rotatable bonds is 2. The molecular formula is C24H28O2. The lowest BCUT2D eigenvalue weighted by Gasteiger charge is -2.42. The van der Waals surface area contributed by atoms with Crippen molar-refractivity contribution in [2.75, 3.05) is 6.61 Å². The molecule has 2 aromatic rings. The second-order valence-corrected chi connectivity index (χ2v) is 9.02. The molecule has 2 aromatic carbocycles. The van der Waals surface area contributed by atoms with Gasteiger partial charge in [0.25, 0.3) is 0 Å². The van der Waals surface area contributed by atoms with Gasteiger partial charge in [0.2, 0.25) is 0 Å². The number of fused-ring (bicyclic) bond motifs is 2. The summed E-state index contributed by atoms with van der Waals surface area (Å²) in [5.41, 5.74) is 7.87. The zero-order valence-electron chi connectivity index (χ0n) is 16.2. The molecule has 0 atom stereocenters.